The molecule has 8 aliphatic rings. The van der Waals surface area contributed by atoms with Crippen LogP contribution in [0.2, 0.25) is 0 Å². The van der Waals surface area contributed by atoms with E-state index in [1.807, 2.05) is 0 Å². The molecule has 8 aliphatic carbocycles. The topological polar surface area (TPSA) is 0 Å². The van der Waals surface area contributed by atoms with E-state index in [0.29, 0.717) is 5.16 Å². The molecule has 0 amide bonds. The summed E-state index contributed by atoms with van der Waals surface area (Å²) in [5.74, 6) is 11.1. The third kappa shape index (κ3) is 2.74. The fraction of sp³-hybridized carbons (Fsp3) is 1.00. The molecule has 8 saturated carbocycles. The van der Waals surface area contributed by atoms with E-state index in [9.17, 15) is 0 Å². The second-order valence-electron chi connectivity index (χ2n) is 11.8. The van der Waals surface area contributed by atoms with Gasteiger partial charge in [0, 0.05) is 0 Å². The normalized spacial score (nSPS) is 55.6. The van der Waals surface area contributed by atoms with Crippen LogP contribution in [0.15, 0.2) is 0 Å². The highest BCUT2D eigenvalue weighted by Gasteiger charge is 2.61. The van der Waals surface area contributed by atoms with Gasteiger partial charge in [0.05, 0.1) is 0 Å². The summed E-state index contributed by atoms with van der Waals surface area (Å²) >= 11 is 0. The maximum atomic E-state index is 3.65. The molecule has 8 bridgehead atoms. The van der Waals surface area contributed by atoms with E-state index in [-0.39, 0.29) is 24.0 Å². The van der Waals surface area contributed by atoms with Crippen LogP contribution in [-0.4, -0.2) is 5.16 Å². The van der Waals surface area contributed by atoms with Gasteiger partial charge in [-0.15, -0.1) is 33.2 Å². The lowest BCUT2D eigenvalue weighted by atomic mass is 9.43. The van der Waals surface area contributed by atoms with Gasteiger partial charge in [-0.25, -0.2) is 0 Å². The Labute approximate surface area is 181 Å². The lowest BCUT2D eigenvalue weighted by Crippen LogP contribution is -2.60. The Morgan fingerprint density at radius 2 is 0.923 bits per heavy atom. The summed E-state index contributed by atoms with van der Waals surface area (Å²) in [5, 5.41) is 0.611. The maximum Gasteiger partial charge on any atom is -0.00834 e. The molecule has 0 nitrogen and oxygen atoms in total. The quantitative estimate of drug-likeness (QED) is 0.292. The van der Waals surface area contributed by atoms with Crippen molar-refractivity contribution in [1.82, 2.24) is 0 Å². The smallest absolute Gasteiger partial charge is 0.00834 e. The lowest BCUT2D eigenvalue weighted by molar-refractivity contribution is -0.112. The van der Waals surface area contributed by atoms with Crippen LogP contribution >= 0.6 is 33.2 Å². The summed E-state index contributed by atoms with van der Waals surface area (Å²) < 4.78 is 0. The summed E-state index contributed by atoms with van der Waals surface area (Å²) in [6.07, 6.45) is 19.1. The summed E-state index contributed by atoms with van der Waals surface area (Å²) in [5.41, 5.74) is 0. The summed E-state index contributed by atoms with van der Waals surface area (Å²) in [6.45, 7) is 2.48. The van der Waals surface area contributed by atoms with Gasteiger partial charge in [-0.1, -0.05) is 13.3 Å². The van der Waals surface area contributed by atoms with Crippen molar-refractivity contribution in [2.24, 2.45) is 59.2 Å². The lowest BCUT2D eigenvalue weighted by Gasteiger charge is -2.66. The Hall–Kier alpha value is 1.16. The molecule has 1 unspecified atom stereocenters. The first-order valence-electron chi connectivity index (χ1n) is 11.9. The van der Waals surface area contributed by atoms with Gasteiger partial charge in [-0.3, -0.25) is 0 Å². The minimum Gasteiger partial charge on any atom is -0.130 e. The Bertz CT molecular complexity index is 444. The number of rotatable bonds is 4. The van der Waals surface area contributed by atoms with Crippen LogP contribution in [0.25, 0.3) is 0 Å². The van der Waals surface area contributed by atoms with E-state index in [2.05, 4.69) is 16.2 Å². The molecule has 0 saturated heterocycles. The Balaban J connectivity index is 0.00000150. The van der Waals surface area contributed by atoms with Crippen molar-refractivity contribution < 1.29 is 0 Å². The number of halogens is 1. The molecule has 0 aromatic heterocycles. The van der Waals surface area contributed by atoms with Crippen molar-refractivity contribution in [3.05, 3.63) is 0 Å². The second kappa shape index (κ2) is 6.85. The van der Waals surface area contributed by atoms with Crippen LogP contribution in [0.5, 0.6) is 0 Å². The third-order valence-corrected chi connectivity index (χ3v) is 11.4. The fourth-order valence-corrected chi connectivity index (χ4v) is 12.0. The van der Waals surface area contributed by atoms with Crippen molar-refractivity contribution in [2.45, 2.75) is 89.1 Å². The van der Waals surface area contributed by atoms with Gasteiger partial charge < -0.3 is 0 Å². The first kappa shape index (κ1) is 19.1. The molecular weight excluding hydrogens is 446 g/mol. The average molecular weight is 486 g/mol. The van der Waals surface area contributed by atoms with Crippen molar-refractivity contribution >= 4 is 33.2 Å². The predicted molar refractivity (Wildman–Crippen MR) is 124 cm³/mol. The van der Waals surface area contributed by atoms with E-state index >= 15 is 0 Å². The van der Waals surface area contributed by atoms with Gasteiger partial charge in [0.2, 0.25) is 0 Å². The van der Waals surface area contributed by atoms with Gasteiger partial charge in [0.15, 0.2) is 0 Å². The van der Waals surface area contributed by atoms with Gasteiger partial charge in [-0.05, 0) is 135 Å². The molecule has 1 atom stereocenters. The van der Waals surface area contributed by atoms with E-state index in [0.717, 1.165) is 59.2 Å². The monoisotopic (exact) mass is 486 g/mol. The van der Waals surface area contributed by atoms with Gasteiger partial charge in [0.25, 0.3) is 0 Å². The average Bonchev–Trinajstić information content (AvgIpc) is 2.52. The zero-order valence-corrected chi connectivity index (χ0v) is 20.2. The van der Waals surface area contributed by atoms with E-state index in [1.54, 1.807) is 64.2 Å². The van der Waals surface area contributed by atoms with Crippen LogP contribution in [0, 0.1) is 59.2 Å². The zero-order chi connectivity index (χ0) is 16.8. The van der Waals surface area contributed by atoms with E-state index in [1.165, 1.54) is 12.8 Å². The Kier molecular flexibility index (Phi) is 5.05. The Morgan fingerprint density at radius 3 is 1.19 bits per heavy atom. The minimum atomic E-state index is 0. The minimum absolute atomic E-state index is 0. The molecule has 0 radical (unpaired) electrons. The van der Waals surface area contributed by atoms with Crippen LogP contribution in [0.4, 0.5) is 0 Å². The largest absolute Gasteiger partial charge is 0.130 e. The van der Waals surface area contributed by atoms with Crippen LogP contribution in [0.1, 0.15) is 84.0 Å². The Morgan fingerprint density at radius 1 is 0.615 bits per heavy atom. The zero-order valence-electron chi connectivity index (χ0n) is 16.7. The first-order chi connectivity index (χ1) is 12.1. The van der Waals surface area contributed by atoms with E-state index in [4.69, 9.17) is 0 Å². The fourth-order valence-electron chi connectivity index (χ4n) is 10.6. The molecule has 8 rings (SSSR count). The summed E-state index contributed by atoms with van der Waals surface area (Å²) in [6, 6.07) is 0. The number of hydrogen-bond donors (Lipinski definition) is 0. The molecule has 0 aromatic rings. The third-order valence-electron chi connectivity index (χ3n) is 10.4. The summed E-state index contributed by atoms with van der Waals surface area (Å²) in [4.78, 5) is 0. The standard InChI is InChI=1S/C24H39P.HI/c1-2-3-24(25,22-18-6-14-4-15(8-18)9-19(22)7-14)23-20-10-16-5-17(12-20)13-21(23)11-16;/h14-23H,2-13,25H2,1H3;1H. The van der Waals surface area contributed by atoms with Crippen LogP contribution < -0.4 is 0 Å². The van der Waals surface area contributed by atoms with Crippen LogP contribution in [0.3, 0.4) is 0 Å². The molecule has 148 valence electrons. The van der Waals surface area contributed by atoms with Crippen molar-refractivity contribution in [1.29, 1.82) is 0 Å². The molecule has 2 heteroatoms. The van der Waals surface area contributed by atoms with Gasteiger partial charge >= 0.3 is 0 Å². The summed E-state index contributed by atoms with van der Waals surface area (Å²) in [7, 11) is 3.65. The highest BCUT2D eigenvalue weighted by Crippen LogP contribution is 2.68. The number of hydrogen-bond acceptors (Lipinski definition) is 0. The van der Waals surface area contributed by atoms with Crippen molar-refractivity contribution in [2.75, 3.05) is 0 Å². The molecule has 8 fully saturated rings. The van der Waals surface area contributed by atoms with Crippen LogP contribution in [-0.2, 0) is 0 Å². The maximum absolute atomic E-state index is 3.65. The highest BCUT2D eigenvalue weighted by atomic mass is 127. The van der Waals surface area contributed by atoms with Crippen molar-refractivity contribution in [3.63, 3.8) is 0 Å². The second-order valence-corrected chi connectivity index (χ2v) is 12.9. The molecule has 0 spiro atoms. The first-order valence-corrected chi connectivity index (χ1v) is 12.5. The molecule has 0 aliphatic heterocycles. The molecule has 0 N–H and O–H groups in total. The predicted octanol–water partition coefficient (Wildman–Crippen LogP) is 7.16. The van der Waals surface area contributed by atoms with Crippen molar-refractivity contribution in [3.8, 4) is 0 Å². The van der Waals surface area contributed by atoms with E-state index < -0.39 is 0 Å². The van der Waals surface area contributed by atoms with Gasteiger partial charge in [-0.2, -0.15) is 0 Å². The van der Waals surface area contributed by atoms with Gasteiger partial charge in [0.1, 0.15) is 0 Å². The SMILES string of the molecule is CCCC(P)(C1C2CC3CC(C2)CC1C3)C1C2CC3CC(C2)CC1C3.I. The molecule has 0 aromatic carbocycles. The highest BCUT2D eigenvalue weighted by molar-refractivity contribution is 14.0. The molecular formula is C24H40IP. The molecule has 0 heterocycles. The molecule has 26 heavy (non-hydrogen) atoms.